The Kier molecular flexibility index (Phi) is 2.09. The third-order valence-corrected chi connectivity index (χ3v) is 3.11. The van der Waals surface area contributed by atoms with Crippen molar-refractivity contribution >= 4 is 0 Å². The van der Waals surface area contributed by atoms with Crippen molar-refractivity contribution in [3.63, 3.8) is 0 Å². The zero-order valence-corrected chi connectivity index (χ0v) is 8.33. The van der Waals surface area contributed by atoms with Gasteiger partial charge < -0.3 is 5.11 Å². The predicted molar refractivity (Wildman–Crippen MR) is 56.7 cm³/mol. The fourth-order valence-electron chi connectivity index (χ4n) is 2.26. The molecule has 0 spiro atoms. The highest BCUT2D eigenvalue weighted by Crippen LogP contribution is 2.47. The Morgan fingerprint density at radius 1 is 1.57 bits per heavy atom. The molecule has 0 radical (unpaired) electrons. The van der Waals surface area contributed by atoms with E-state index >= 15 is 0 Å². The fourth-order valence-corrected chi connectivity index (χ4v) is 2.26. The van der Waals surface area contributed by atoms with Gasteiger partial charge in [0, 0.05) is 11.8 Å². The smallest absolute Gasteiger partial charge is 0.0858 e. The van der Waals surface area contributed by atoms with E-state index in [4.69, 9.17) is 6.42 Å². The van der Waals surface area contributed by atoms with E-state index in [2.05, 4.69) is 18.9 Å². The van der Waals surface area contributed by atoms with Gasteiger partial charge in [-0.3, -0.25) is 0 Å². The Hall–Kier alpha value is -1.26. The van der Waals surface area contributed by atoms with Gasteiger partial charge in [0.1, 0.15) is 0 Å². The van der Waals surface area contributed by atoms with E-state index < -0.39 is 6.10 Å². The zero-order valence-electron chi connectivity index (χ0n) is 8.33. The number of hydrogen-bond donors (Lipinski definition) is 1. The Bertz CT molecular complexity index is 388. The summed E-state index contributed by atoms with van der Waals surface area (Å²) in [4.78, 5) is 0. The Morgan fingerprint density at radius 3 is 2.93 bits per heavy atom. The highest BCUT2D eigenvalue weighted by Gasteiger charge is 2.40. The maximum Gasteiger partial charge on any atom is 0.0858 e. The topological polar surface area (TPSA) is 20.2 Å². The Labute approximate surface area is 84.8 Å². The number of fused-ring (bicyclic) bond motifs is 1. The molecule has 0 unspecified atom stereocenters. The van der Waals surface area contributed by atoms with Gasteiger partial charge in [0.05, 0.1) is 6.10 Å². The monoisotopic (exact) mass is 186 g/mol. The van der Waals surface area contributed by atoms with E-state index in [-0.39, 0.29) is 5.41 Å². The number of aliphatic hydroxyl groups excluding tert-OH is 1. The number of rotatable bonds is 1. The van der Waals surface area contributed by atoms with E-state index in [1.807, 2.05) is 18.2 Å². The standard InChI is InChI=1S/C13H14O/c1-3-8-13(2)9-10-6-4-5-7-11(10)12(13)14/h1,4-7,12,14H,8-9H2,2H3/t12-,13-/m0/s1. The van der Waals surface area contributed by atoms with Crippen molar-refractivity contribution in [1.82, 2.24) is 0 Å². The lowest BCUT2D eigenvalue weighted by Gasteiger charge is -2.25. The van der Waals surface area contributed by atoms with Gasteiger partial charge in [0.25, 0.3) is 0 Å². The summed E-state index contributed by atoms with van der Waals surface area (Å²) in [7, 11) is 0. The normalized spacial score (nSPS) is 29.6. The molecule has 1 aliphatic rings. The molecule has 1 nitrogen and oxygen atoms in total. The van der Waals surface area contributed by atoms with Crippen LogP contribution in [-0.2, 0) is 6.42 Å². The number of terminal acetylenes is 1. The Balaban J connectivity index is 2.39. The lowest BCUT2D eigenvalue weighted by Crippen LogP contribution is -2.21. The number of benzene rings is 1. The van der Waals surface area contributed by atoms with Crippen LogP contribution in [0.2, 0.25) is 0 Å². The van der Waals surface area contributed by atoms with E-state index in [0.29, 0.717) is 6.42 Å². The molecule has 1 N–H and O–H groups in total. The van der Waals surface area contributed by atoms with Crippen molar-refractivity contribution in [2.45, 2.75) is 25.9 Å². The van der Waals surface area contributed by atoms with Crippen molar-refractivity contribution in [1.29, 1.82) is 0 Å². The predicted octanol–water partition coefficient (Wildman–Crippen LogP) is 2.31. The molecule has 1 heteroatoms. The van der Waals surface area contributed by atoms with Crippen molar-refractivity contribution in [2.75, 3.05) is 0 Å². The van der Waals surface area contributed by atoms with E-state index in [9.17, 15) is 5.11 Å². The summed E-state index contributed by atoms with van der Waals surface area (Å²) in [5, 5.41) is 10.1. The summed E-state index contributed by atoms with van der Waals surface area (Å²) in [6, 6.07) is 8.03. The average Bonchev–Trinajstić information content (AvgIpc) is 2.41. The second-order valence-corrected chi connectivity index (χ2v) is 4.31. The molecule has 2 atom stereocenters. The first kappa shape index (κ1) is 9.30. The first-order valence-corrected chi connectivity index (χ1v) is 4.87. The third-order valence-electron chi connectivity index (χ3n) is 3.11. The molecule has 1 aromatic carbocycles. The molecule has 0 aliphatic heterocycles. The van der Waals surface area contributed by atoms with Crippen molar-refractivity contribution in [3.8, 4) is 12.3 Å². The van der Waals surface area contributed by atoms with Crippen molar-refractivity contribution in [3.05, 3.63) is 35.4 Å². The molecule has 72 valence electrons. The second-order valence-electron chi connectivity index (χ2n) is 4.31. The van der Waals surface area contributed by atoms with E-state index in [1.54, 1.807) is 0 Å². The number of aliphatic hydroxyl groups is 1. The molecule has 14 heavy (non-hydrogen) atoms. The van der Waals surface area contributed by atoms with Crippen molar-refractivity contribution < 1.29 is 5.11 Å². The van der Waals surface area contributed by atoms with Crippen LogP contribution in [0, 0.1) is 17.8 Å². The minimum absolute atomic E-state index is 0.168. The highest BCUT2D eigenvalue weighted by molar-refractivity contribution is 5.37. The highest BCUT2D eigenvalue weighted by atomic mass is 16.3. The van der Waals surface area contributed by atoms with Gasteiger partial charge >= 0.3 is 0 Å². The van der Waals surface area contributed by atoms with Crippen LogP contribution in [0.1, 0.15) is 30.6 Å². The maximum absolute atomic E-state index is 10.1. The van der Waals surface area contributed by atoms with Crippen LogP contribution in [-0.4, -0.2) is 5.11 Å². The summed E-state index contributed by atoms with van der Waals surface area (Å²) >= 11 is 0. The van der Waals surface area contributed by atoms with E-state index in [1.165, 1.54) is 5.56 Å². The minimum Gasteiger partial charge on any atom is -0.388 e. The summed E-state index contributed by atoms with van der Waals surface area (Å²) in [5.41, 5.74) is 2.11. The molecule has 0 saturated heterocycles. The Morgan fingerprint density at radius 2 is 2.29 bits per heavy atom. The van der Waals surface area contributed by atoms with Gasteiger partial charge in [0.2, 0.25) is 0 Å². The lowest BCUT2D eigenvalue weighted by molar-refractivity contribution is 0.0564. The fraction of sp³-hybridized carbons (Fsp3) is 0.385. The first-order valence-electron chi connectivity index (χ1n) is 4.87. The summed E-state index contributed by atoms with van der Waals surface area (Å²) in [5.74, 6) is 2.66. The molecule has 0 heterocycles. The van der Waals surface area contributed by atoms with Crippen LogP contribution in [0.5, 0.6) is 0 Å². The molecule has 0 amide bonds. The summed E-state index contributed by atoms with van der Waals surface area (Å²) in [6.45, 7) is 2.05. The van der Waals surface area contributed by atoms with Gasteiger partial charge in [-0.25, -0.2) is 0 Å². The van der Waals surface area contributed by atoms with Crippen LogP contribution in [0.3, 0.4) is 0 Å². The van der Waals surface area contributed by atoms with Crippen LogP contribution in [0.15, 0.2) is 24.3 Å². The molecule has 0 fully saturated rings. The quantitative estimate of drug-likeness (QED) is 0.667. The third kappa shape index (κ3) is 1.23. The molecule has 0 bridgehead atoms. The molecule has 0 aromatic heterocycles. The lowest BCUT2D eigenvalue weighted by atomic mass is 9.82. The van der Waals surface area contributed by atoms with Gasteiger partial charge in [-0.15, -0.1) is 12.3 Å². The van der Waals surface area contributed by atoms with Gasteiger partial charge in [0.15, 0.2) is 0 Å². The molecular weight excluding hydrogens is 172 g/mol. The maximum atomic E-state index is 10.1. The van der Waals surface area contributed by atoms with Gasteiger partial charge in [-0.2, -0.15) is 0 Å². The van der Waals surface area contributed by atoms with Gasteiger partial charge in [-0.05, 0) is 17.5 Å². The van der Waals surface area contributed by atoms with Gasteiger partial charge in [-0.1, -0.05) is 31.2 Å². The number of hydrogen-bond acceptors (Lipinski definition) is 1. The zero-order chi connectivity index (χ0) is 10.2. The summed E-state index contributed by atoms with van der Waals surface area (Å²) < 4.78 is 0. The van der Waals surface area contributed by atoms with Crippen LogP contribution in [0.25, 0.3) is 0 Å². The minimum atomic E-state index is -0.408. The van der Waals surface area contributed by atoms with Crippen molar-refractivity contribution in [2.24, 2.45) is 5.41 Å². The molecule has 0 saturated carbocycles. The van der Waals surface area contributed by atoms with Crippen LogP contribution < -0.4 is 0 Å². The largest absolute Gasteiger partial charge is 0.388 e. The van der Waals surface area contributed by atoms with E-state index in [0.717, 1.165) is 12.0 Å². The van der Waals surface area contributed by atoms with Crippen LogP contribution >= 0.6 is 0 Å². The molecular formula is C13H14O. The molecule has 2 rings (SSSR count). The second kappa shape index (κ2) is 3.15. The SMILES string of the molecule is C#CC[C@@]1(C)Cc2ccccc2[C@@H]1O. The first-order chi connectivity index (χ1) is 6.67. The average molecular weight is 186 g/mol. The van der Waals surface area contributed by atoms with Crippen LogP contribution in [0.4, 0.5) is 0 Å². The summed E-state index contributed by atoms with van der Waals surface area (Å²) in [6.07, 6.45) is 6.43. The molecule has 1 aliphatic carbocycles. The molecule has 1 aromatic rings.